The van der Waals surface area contributed by atoms with Crippen LogP contribution in [-0.4, -0.2) is 110 Å². The van der Waals surface area contributed by atoms with E-state index in [0.29, 0.717) is 0 Å². The number of hydrogen-bond acceptors (Lipinski definition) is 12. The van der Waals surface area contributed by atoms with Crippen molar-refractivity contribution in [2.75, 3.05) is 6.61 Å². The molecule has 1 heterocycles. The molecule has 1 saturated heterocycles. The summed E-state index contributed by atoms with van der Waals surface area (Å²) in [7, 11) is 0. The summed E-state index contributed by atoms with van der Waals surface area (Å²) in [6, 6.07) is -0.998. The van der Waals surface area contributed by atoms with Crippen LogP contribution in [0.5, 0.6) is 0 Å². The first-order chi connectivity index (χ1) is 19.7. The average Bonchev–Trinajstić information content (AvgIpc) is 2.89. The van der Waals surface area contributed by atoms with Crippen molar-refractivity contribution in [3.05, 3.63) is 11.1 Å². The fraction of sp³-hybridized carbons (Fsp3) is 0.800. The summed E-state index contributed by atoms with van der Waals surface area (Å²) in [5, 5.41) is 61.0. The molecule has 2 bridgehead atoms. The van der Waals surface area contributed by atoms with E-state index < -0.39 is 101 Å². The third kappa shape index (κ3) is 4.83. The van der Waals surface area contributed by atoms with Gasteiger partial charge in [0.1, 0.15) is 29.5 Å². The van der Waals surface area contributed by atoms with E-state index in [1.165, 1.54) is 20.8 Å². The van der Waals surface area contributed by atoms with E-state index in [4.69, 9.17) is 14.2 Å². The van der Waals surface area contributed by atoms with E-state index >= 15 is 0 Å². The highest BCUT2D eigenvalue weighted by atomic mass is 16.6. The number of aliphatic hydroxyl groups excluding tert-OH is 3. The van der Waals surface area contributed by atoms with E-state index in [0.717, 1.165) is 6.92 Å². The Morgan fingerprint density at radius 1 is 1.07 bits per heavy atom. The minimum absolute atomic E-state index is 0.00353. The molecule has 0 aromatic heterocycles. The van der Waals surface area contributed by atoms with Gasteiger partial charge in [-0.2, -0.15) is 0 Å². The first-order valence-electron chi connectivity index (χ1n) is 14.7. The number of amides is 1. The number of esters is 2. The van der Waals surface area contributed by atoms with Gasteiger partial charge in [0, 0.05) is 38.0 Å². The molecule has 4 aliphatic rings. The molecule has 0 aromatic rings. The van der Waals surface area contributed by atoms with Crippen LogP contribution in [0.15, 0.2) is 11.1 Å². The van der Waals surface area contributed by atoms with Gasteiger partial charge in [0.2, 0.25) is 5.91 Å². The van der Waals surface area contributed by atoms with Crippen molar-refractivity contribution in [3.8, 4) is 0 Å². The van der Waals surface area contributed by atoms with Gasteiger partial charge in [-0.3, -0.25) is 14.4 Å². The third-order valence-electron chi connectivity index (χ3n) is 10.6. The molecule has 13 nitrogen and oxygen atoms in total. The van der Waals surface area contributed by atoms with E-state index in [1.807, 2.05) is 0 Å². The summed E-state index contributed by atoms with van der Waals surface area (Å²) in [6.07, 6.45) is -9.55. The van der Waals surface area contributed by atoms with Crippen LogP contribution in [0.3, 0.4) is 0 Å². The fourth-order valence-electron chi connectivity index (χ4n) is 8.00. The first-order valence-corrected chi connectivity index (χ1v) is 14.7. The van der Waals surface area contributed by atoms with Crippen molar-refractivity contribution >= 4 is 23.6 Å². The quantitative estimate of drug-likeness (QED) is 0.163. The molecule has 6 N–H and O–H groups in total. The monoisotopic (exact) mass is 611 g/mol. The molecule has 1 aliphatic heterocycles. The SMILES string of the molecule is CC(=O)N[C@@H](C(C)C)[C@@H](O)C(=O)O[C@H]1C[C@@]2(O)[C@@H](OC(C)=O)[C@@H]3[C@]4(O)CO[C@@H]4C[C@H](O)[C@@]3(C)C(=O)[C@H](O)C(=C1C)C2(C)C. The molecule has 4 rings (SSSR count). The van der Waals surface area contributed by atoms with Gasteiger partial charge in [-0.05, 0) is 30.9 Å². The van der Waals surface area contributed by atoms with E-state index in [2.05, 4.69) is 5.32 Å². The van der Waals surface area contributed by atoms with Crippen LogP contribution < -0.4 is 5.32 Å². The van der Waals surface area contributed by atoms with Crippen LogP contribution in [0.1, 0.15) is 68.2 Å². The Labute approximate surface area is 250 Å². The molecule has 0 aromatic carbocycles. The number of ether oxygens (including phenoxy) is 3. The summed E-state index contributed by atoms with van der Waals surface area (Å²) >= 11 is 0. The van der Waals surface area contributed by atoms with Crippen LogP contribution in [0, 0.1) is 22.7 Å². The molecule has 43 heavy (non-hydrogen) atoms. The zero-order chi connectivity index (χ0) is 32.6. The van der Waals surface area contributed by atoms with E-state index in [9.17, 15) is 44.7 Å². The van der Waals surface area contributed by atoms with E-state index in [1.54, 1.807) is 27.7 Å². The van der Waals surface area contributed by atoms with Gasteiger partial charge >= 0.3 is 11.9 Å². The van der Waals surface area contributed by atoms with Gasteiger partial charge in [-0.25, -0.2) is 4.79 Å². The molecule has 0 unspecified atom stereocenters. The van der Waals surface area contributed by atoms with Gasteiger partial charge in [0.25, 0.3) is 0 Å². The number of ketones is 1. The zero-order valence-corrected chi connectivity index (χ0v) is 25.9. The van der Waals surface area contributed by atoms with Crippen LogP contribution in [0.2, 0.25) is 0 Å². The minimum Gasteiger partial charge on any atom is -0.459 e. The summed E-state index contributed by atoms with van der Waals surface area (Å²) in [6.45, 7) is 11.5. The molecule has 0 radical (unpaired) electrons. The van der Waals surface area contributed by atoms with E-state index in [-0.39, 0.29) is 30.1 Å². The molecule has 2 saturated carbocycles. The standard InChI is InChI=1S/C30H45NO12/c1-12(2)20(31-14(4)32)22(36)26(38)43-16-10-30(40)25(42-15(5)33)23-28(8,17(34)9-18-29(23,39)11-41-18)24(37)21(35)19(13(16)3)27(30,6)7/h12,16-18,20-23,25,34-36,39-40H,9-11H2,1-8H3,(H,31,32)/t16-,17-,18+,20-,21+,22+,23-,25-,28+,29-,30+/m0/s1. The van der Waals surface area contributed by atoms with Crippen LogP contribution in [-0.2, 0) is 33.4 Å². The lowest BCUT2D eigenvalue weighted by molar-refractivity contribution is -0.345. The molecular weight excluding hydrogens is 566 g/mol. The van der Waals surface area contributed by atoms with Gasteiger partial charge in [0.05, 0.1) is 30.3 Å². The molecule has 3 aliphatic carbocycles. The Balaban J connectivity index is 1.89. The second kappa shape index (κ2) is 10.9. The Morgan fingerprint density at radius 3 is 2.16 bits per heavy atom. The average molecular weight is 612 g/mol. The number of hydrogen-bond donors (Lipinski definition) is 6. The molecule has 1 amide bonds. The summed E-state index contributed by atoms with van der Waals surface area (Å²) in [5.41, 5.74) is -7.14. The lowest BCUT2D eigenvalue weighted by Crippen LogP contribution is -2.81. The Hall–Kier alpha value is -2.42. The molecule has 0 spiro atoms. The molecular formula is C30H45NO12. The maximum atomic E-state index is 14.3. The molecule has 3 fully saturated rings. The van der Waals surface area contributed by atoms with Crippen molar-refractivity contribution in [3.63, 3.8) is 0 Å². The number of fused-ring (bicyclic) bond motifs is 5. The van der Waals surface area contributed by atoms with Crippen molar-refractivity contribution < 1.29 is 58.9 Å². The van der Waals surface area contributed by atoms with Gasteiger partial charge in [-0.15, -0.1) is 0 Å². The number of carbonyl (C=O) groups is 4. The van der Waals surface area contributed by atoms with Gasteiger partial charge in [0.15, 0.2) is 11.9 Å². The predicted molar refractivity (Wildman–Crippen MR) is 148 cm³/mol. The summed E-state index contributed by atoms with van der Waals surface area (Å²) in [5.74, 6) is -5.08. The predicted octanol–water partition coefficient (Wildman–Crippen LogP) is -0.710. The Kier molecular flexibility index (Phi) is 8.47. The van der Waals surface area contributed by atoms with Crippen LogP contribution in [0.25, 0.3) is 0 Å². The fourth-order valence-corrected chi connectivity index (χ4v) is 8.00. The van der Waals surface area contributed by atoms with Crippen molar-refractivity contribution in [1.29, 1.82) is 0 Å². The van der Waals surface area contributed by atoms with Crippen LogP contribution >= 0.6 is 0 Å². The molecule has 13 heteroatoms. The highest BCUT2D eigenvalue weighted by molar-refractivity contribution is 5.93. The lowest BCUT2D eigenvalue weighted by atomic mass is 9.45. The number of rotatable bonds is 6. The normalized spacial score (nSPS) is 41.5. The van der Waals surface area contributed by atoms with Gasteiger partial charge < -0.3 is 45.1 Å². The minimum atomic E-state index is -2.18. The summed E-state index contributed by atoms with van der Waals surface area (Å²) < 4.78 is 17.0. The van der Waals surface area contributed by atoms with Crippen molar-refractivity contribution in [2.24, 2.45) is 22.7 Å². The highest BCUT2D eigenvalue weighted by Crippen LogP contribution is 2.63. The Morgan fingerprint density at radius 2 is 1.67 bits per heavy atom. The third-order valence-corrected chi connectivity index (χ3v) is 10.6. The largest absolute Gasteiger partial charge is 0.459 e. The van der Waals surface area contributed by atoms with Crippen molar-refractivity contribution in [1.82, 2.24) is 5.32 Å². The Bertz CT molecular complexity index is 1230. The second-order valence-electron chi connectivity index (χ2n) is 13.8. The molecule has 242 valence electrons. The second-order valence-corrected chi connectivity index (χ2v) is 13.8. The maximum Gasteiger partial charge on any atom is 0.337 e. The number of nitrogens with one attached hydrogen (secondary N) is 1. The zero-order valence-electron chi connectivity index (χ0n) is 25.9. The topological polar surface area (TPSA) is 209 Å². The van der Waals surface area contributed by atoms with Crippen molar-refractivity contribution in [2.45, 2.75) is 122 Å². The number of carbonyl (C=O) groups excluding carboxylic acids is 4. The maximum absolute atomic E-state index is 14.3. The number of aliphatic hydroxyl groups is 5. The van der Waals surface area contributed by atoms with Crippen LogP contribution in [0.4, 0.5) is 0 Å². The first kappa shape index (κ1) is 33.5. The smallest absolute Gasteiger partial charge is 0.337 e. The number of Topliss-reactive ketones (excluding diaryl/α,β-unsaturated/α-hetero) is 1. The summed E-state index contributed by atoms with van der Waals surface area (Å²) in [4.78, 5) is 51.8. The highest BCUT2D eigenvalue weighted by Gasteiger charge is 2.76. The van der Waals surface area contributed by atoms with Gasteiger partial charge in [-0.1, -0.05) is 27.7 Å². The molecule has 11 atom stereocenters. The lowest BCUT2D eigenvalue weighted by Gasteiger charge is -2.66.